The van der Waals surface area contributed by atoms with Crippen molar-refractivity contribution < 1.29 is 13.6 Å². The van der Waals surface area contributed by atoms with E-state index in [1.165, 1.54) is 0 Å². The predicted octanol–water partition coefficient (Wildman–Crippen LogP) is 12.3. The summed E-state index contributed by atoms with van der Waals surface area (Å²) in [5, 5.41) is 0. The molecule has 0 aliphatic carbocycles. The van der Waals surface area contributed by atoms with Crippen molar-refractivity contribution in [3.05, 3.63) is 55.9 Å². The minimum atomic E-state index is -3.50. The molecule has 0 heterocycles. The molecule has 30 heavy (non-hydrogen) atoms. The van der Waals surface area contributed by atoms with Crippen LogP contribution in [-0.4, -0.2) is 6.61 Å². The van der Waals surface area contributed by atoms with Crippen LogP contribution in [0.3, 0.4) is 0 Å². The summed E-state index contributed by atoms with van der Waals surface area (Å²) >= 11 is 35.5. The van der Waals surface area contributed by atoms with Crippen LogP contribution in [0.1, 0.15) is 18.1 Å². The van der Waals surface area contributed by atoms with Gasteiger partial charge in [0.2, 0.25) is 0 Å². The van der Waals surface area contributed by atoms with E-state index in [4.69, 9.17) is 9.05 Å². The van der Waals surface area contributed by atoms with Gasteiger partial charge in [-0.2, -0.15) is 0 Å². The van der Waals surface area contributed by atoms with Crippen molar-refractivity contribution in [2.24, 2.45) is 0 Å². The fraction of sp³-hybridized carbons (Fsp3) is 0.250. The summed E-state index contributed by atoms with van der Waals surface area (Å²) < 4.78 is 33.1. The maximum Gasteiger partial charge on any atom is 0.335 e. The van der Waals surface area contributed by atoms with Gasteiger partial charge in [-0.25, -0.2) is 0 Å². The van der Waals surface area contributed by atoms with Crippen LogP contribution in [0.4, 0.5) is 0 Å². The Morgan fingerprint density at radius 2 is 0.900 bits per heavy atom. The first-order chi connectivity index (χ1) is 13.9. The van der Waals surface area contributed by atoms with Crippen LogP contribution in [0.15, 0.2) is 44.7 Å². The van der Waals surface area contributed by atoms with Crippen LogP contribution in [0, 0.1) is 0 Å². The summed E-state index contributed by atoms with van der Waals surface area (Å²) in [6, 6.07) is 0. The van der Waals surface area contributed by atoms with Crippen molar-refractivity contribution in [2.75, 3.05) is 6.61 Å². The van der Waals surface area contributed by atoms with Gasteiger partial charge in [0.05, 0.1) is 19.4 Å². The Balaban J connectivity index is 2.44. The van der Waals surface area contributed by atoms with E-state index >= 15 is 0 Å². The lowest BCUT2D eigenvalue weighted by molar-refractivity contribution is 0.203. The maximum atomic E-state index is 13.6. The Labute approximate surface area is 258 Å². The summed E-state index contributed by atoms with van der Waals surface area (Å²) in [6.07, 6.45) is 0.0700. The van der Waals surface area contributed by atoms with Crippen molar-refractivity contribution >= 4 is 167 Å². The van der Waals surface area contributed by atoms with E-state index in [9.17, 15) is 4.57 Å². The van der Waals surface area contributed by atoms with Gasteiger partial charge in [0.15, 0.2) is 0 Å². The normalized spacial score (nSPS) is 13.6. The molecule has 0 amide bonds. The molecule has 0 aromatic heterocycles. The molecule has 14 heteroatoms. The van der Waals surface area contributed by atoms with Crippen molar-refractivity contribution in [2.45, 2.75) is 19.7 Å². The molecule has 1 unspecified atom stereocenters. The van der Waals surface area contributed by atoms with Crippen molar-refractivity contribution in [1.82, 2.24) is 0 Å². The number of hydrogen-bond acceptors (Lipinski definition) is 3. The molecule has 3 nitrogen and oxygen atoms in total. The summed E-state index contributed by atoms with van der Waals surface area (Å²) in [7, 11) is -3.50. The van der Waals surface area contributed by atoms with Gasteiger partial charge in [-0.15, -0.1) is 0 Å². The third kappa shape index (κ3) is 6.58. The molecule has 166 valence electrons. The average molecular weight is 1080 g/mol. The highest BCUT2D eigenvalue weighted by Crippen LogP contribution is 2.57. The highest BCUT2D eigenvalue weighted by Gasteiger charge is 2.31. The fourth-order valence-electron chi connectivity index (χ4n) is 2.25. The lowest BCUT2D eigenvalue weighted by Crippen LogP contribution is -2.03. The third-order valence-corrected chi connectivity index (χ3v) is 18.1. The number of benzene rings is 2. The van der Waals surface area contributed by atoms with Gasteiger partial charge < -0.3 is 9.05 Å². The van der Waals surface area contributed by atoms with E-state index in [2.05, 4.69) is 159 Å². The first-order valence-electron chi connectivity index (χ1n) is 7.75. The first kappa shape index (κ1) is 29.6. The van der Waals surface area contributed by atoms with E-state index < -0.39 is 7.60 Å². The Morgan fingerprint density at radius 1 is 0.567 bits per heavy atom. The average Bonchev–Trinajstić information content (AvgIpc) is 2.71. The molecule has 0 aliphatic rings. The second kappa shape index (κ2) is 12.6. The Bertz CT molecular complexity index is 985. The summed E-state index contributed by atoms with van der Waals surface area (Å²) in [5.41, 5.74) is 1.54. The molecule has 0 bridgehead atoms. The van der Waals surface area contributed by atoms with E-state index in [0.29, 0.717) is 0 Å². The Hall–Kier alpha value is 3.39. The van der Waals surface area contributed by atoms with Gasteiger partial charge >= 0.3 is 7.60 Å². The maximum absolute atomic E-state index is 13.6. The topological polar surface area (TPSA) is 35.5 Å². The molecular formula is C16H9Br10O3P. The molecule has 0 spiro atoms. The molecule has 1 atom stereocenters. The second-order valence-electron chi connectivity index (χ2n) is 5.56. The molecule has 0 radical (unpaired) electrons. The van der Waals surface area contributed by atoms with E-state index in [1.807, 2.05) is 0 Å². The van der Waals surface area contributed by atoms with Crippen LogP contribution in [0.2, 0.25) is 0 Å². The molecule has 2 rings (SSSR count). The zero-order valence-corrected chi connectivity index (χ0v) is 31.3. The summed E-state index contributed by atoms with van der Waals surface area (Å²) in [4.78, 5) is 0. The highest BCUT2D eigenvalue weighted by molar-refractivity contribution is 9.16. The zero-order chi connectivity index (χ0) is 23.0. The van der Waals surface area contributed by atoms with E-state index in [-0.39, 0.29) is 19.4 Å². The second-order valence-corrected chi connectivity index (χ2v) is 15.5. The lowest BCUT2D eigenvalue weighted by Gasteiger charge is -2.22. The third-order valence-electron chi connectivity index (χ3n) is 3.68. The number of rotatable bonds is 7. The SMILES string of the molecule is CCOP(=O)(Cc1c(Br)c(Br)c(Br)c(Br)c1Br)OCc1c(Br)c(Br)c(Br)c(Br)c1Br. The van der Waals surface area contributed by atoms with Gasteiger partial charge in [-0.3, -0.25) is 4.57 Å². The number of halogens is 10. The lowest BCUT2D eigenvalue weighted by atomic mass is 10.2. The first-order valence-corrected chi connectivity index (χ1v) is 17.4. The summed E-state index contributed by atoms with van der Waals surface area (Å²) in [5.74, 6) is 0. The van der Waals surface area contributed by atoms with Crippen LogP contribution in [0.25, 0.3) is 0 Å². The largest absolute Gasteiger partial charge is 0.335 e. The quantitative estimate of drug-likeness (QED) is 0.157. The molecule has 0 saturated heterocycles. The van der Waals surface area contributed by atoms with Crippen LogP contribution >= 0.6 is 167 Å². The van der Waals surface area contributed by atoms with E-state index in [0.717, 1.165) is 55.9 Å². The highest BCUT2D eigenvalue weighted by atomic mass is 79.9. The molecule has 0 fully saturated rings. The van der Waals surface area contributed by atoms with Crippen molar-refractivity contribution in [3.63, 3.8) is 0 Å². The van der Waals surface area contributed by atoms with E-state index in [1.54, 1.807) is 6.92 Å². The Kier molecular flexibility index (Phi) is 12.4. The van der Waals surface area contributed by atoms with Gasteiger partial charge in [-0.1, -0.05) is 0 Å². The fourth-order valence-corrected chi connectivity index (χ4v) is 11.1. The molecule has 0 saturated carbocycles. The number of hydrogen-bond donors (Lipinski definition) is 0. The van der Waals surface area contributed by atoms with Crippen LogP contribution in [0.5, 0.6) is 0 Å². The molecular weight excluding hydrogens is 1070 g/mol. The van der Waals surface area contributed by atoms with Crippen molar-refractivity contribution in [3.8, 4) is 0 Å². The van der Waals surface area contributed by atoms with Crippen LogP contribution < -0.4 is 0 Å². The van der Waals surface area contributed by atoms with Crippen molar-refractivity contribution in [1.29, 1.82) is 0 Å². The smallest absolute Gasteiger partial charge is 0.309 e. The van der Waals surface area contributed by atoms with Gasteiger partial charge in [0.25, 0.3) is 0 Å². The standard InChI is InChI=1S/C16H9Br10O3P/c1-2-28-30(27,4-6-9(19)13(23)16(26)14(24)10(6)20)29-3-5-7(17)11(21)15(25)12(22)8(5)18/h2-4H2,1H3. The molecule has 0 aliphatic heterocycles. The predicted molar refractivity (Wildman–Crippen MR) is 158 cm³/mol. The molecule has 2 aromatic carbocycles. The summed E-state index contributed by atoms with van der Waals surface area (Å²) in [6.45, 7) is 2.10. The molecule has 2 aromatic rings. The zero-order valence-electron chi connectivity index (χ0n) is 14.6. The van der Waals surface area contributed by atoms with Gasteiger partial charge in [0, 0.05) is 50.3 Å². The monoisotopic (exact) mass is 1070 g/mol. The molecule has 0 N–H and O–H groups in total. The Morgan fingerprint density at radius 3 is 1.27 bits per heavy atom. The minimum Gasteiger partial charge on any atom is -0.309 e. The minimum absolute atomic E-state index is 0.0665. The van der Waals surface area contributed by atoms with Gasteiger partial charge in [0.1, 0.15) is 0 Å². The van der Waals surface area contributed by atoms with Gasteiger partial charge in [-0.05, 0) is 172 Å². The van der Waals surface area contributed by atoms with Crippen LogP contribution in [-0.2, 0) is 26.4 Å².